The fourth-order valence-corrected chi connectivity index (χ4v) is 4.99. The van der Waals surface area contributed by atoms with Crippen LogP contribution in [0.25, 0.3) is 0 Å². The molecule has 138 valence electrons. The van der Waals surface area contributed by atoms with Crippen molar-refractivity contribution in [2.24, 2.45) is 0 Å². The SMILES string of the molecule is O=C1CCC(N2Cc3c(F)ccc(N4CC5CCC4CN5)c3C2)C(=O)N1. The lowest BCUT2D eigenvalue weighted by molar-refractivity contribution is -0.137. The second-order valence-corrected chi connectivity index (χ2v) is 7.88. The van der Waals surface area contributed by atoms with E-state index in [0.717, 1.165) is 24.3 Å². The molecule has 0 aromatic heterocycles. The first-order valence-electron chi connectivity index (χ1n) is 9.48. The number of hydrogen-bond donors (Lipinski definition) is 2. The van der Waals surface area contributed by atoms with E-state index in [-0.39, 0.29) is 23.7 Å². The Bertz CT molecular complexity index is 775. The number of anilines is 1. The lowest BCUT2D eigenvalue weighted by Crippen LogP contribution is -2.61. The van der Waals surface area contributed by atoms with Gasteiger partial charge in [-0.25, -0.2) is 4.39 Å². The molecular formula is C19H23FN4O2. The van der Waals surface area contributed by atoms with Gasteiger partial charge in [-0.3, -0.25) is 19.8 Å². The first-order chi connectivity index (χ1) is 12.6. The molecule has 7 heteroatoms. The van der Waals surface area contributed by atoms with Crippen LogP contribution in [0.15, 0.2) is 12.1 Å². The first-order valence-corrected chi connectivity index (χ1v) is 9.48. The summed E-state index contributed by atoms with van der Waals surface area (Å²) in [5, 5.41) is 5.97. The van der Waals surface area contributed by atoms with E-state index in [9.17, 15) is 14.0 Å². The van der Waals surface area contributed by atoms with Crippen molar-refractivity contribution in [1.29, 1.82) is 0 Å². The Morgan fingerprint density at radius 2 is 1.92 bits per heavy atom. The summed E-state index contributed by atoms with van der Waals surface area (Å²) in [6.45, 7) is 2.94. The van der Waals surface area contributed by atoms with Crippen LogP contribution >= 0.6 is 0 Å². The van der Waals surface area contributed by atoms with Crippen LogP contribution < -0.4 is 15.5 Å². The van der Waals surface area contributed by atoms with Gasteiger partial charge in [0.15, 0.2) is 0 Å². The van der Waals surface area contributed by atoms with Crippen LogP contribution in [0.3, 0.4) is 0 Å². The Balaban J connectivity index is 1.44. The van der Waals surface area contributed by atoms with E-state index in [4.69, 9.17) is 0 Å². The van der Waals surface area contributed by atoms with E-state index < -0.39 is 0 Å². The molecule has 5 aliphatic rings. The Kier molecular flexibility index (Phi) is 3.76. The zero-order valence-electron chi connectivity index (χ0n) is 14.6. The summed E-state index contributed by atoms with van der Waals surface area (Å²) >= 11 is 0. The maximum atomic E-state index is 14.5. The second-order valence-electron chi connectivity index (χ2n) is 7.88. The molecule has 5 heterocycles. The number of piperidine rings is 3. The lowest BCUT2D eigenvalue weighted by atomic mass is 9.91. The van der Waals surface area contributed by atoms with Gasteiger partial charge in [-0.2, -0.15) is 0 Å². The van der Waals surface area contributed by atoms with E-state index in [1.165, 1.54) is 12.8 Å². The van der Waals surface area contributed by atoms with Gasteiger partial charge < -0.3 is 10.2 Å². The van der Waals surface area contributed by atoms with Crippen molar-refractivity contribution in [3.63, 3.8) is 0 Å². The largest absolute Gasteiger partial charge is 0.365 e. The van der Waals surface area contributed by atoms with Gasteiger partial charge in [0.25, 0.3) is 0 Å². The third-order valence-corrected chi connectivity index (χ3v) is 6.38. The van der Waals surface area contributed by atoms with Gasteiger partial charge in [0.05, 0.1) is 6.04 Å². The molecule has 2 amide bonds. The number of hydrogen-bond acceptors (Lipinski definition) is 5. The van der Waals surface area contributed by atoms with Crippen molar-refractivity contribution in [2.45, 2.75) is 56.9 Å². The maximum Gasteiger partial charge on any atom is 0.243 e. The molecule has 0 radical (unpaired) electrons. The molecule has 2 N–H and O–H groups in total. The Labute approximate surface area is 151 Å². The maximum absolute atomic E-state index is 14.5. The average molecular weight is 358 g/mol. The molecule has 6 nitrogen and oxygen atoms in total. The van der Waals surface area contributed by atoms with Crippen LogP contribution in [0.2, 0.25) is 0 Å². The highest BCUT2D eigenvalue weighted by Gasteiger charge is 2.39. The van der Waals surface area contributed by atoms with E-state index >= 15 is 0 Å². The molecule has 26 heavy (non-hydrogen) atoms. The zero-order valence-corrected chi connectivity index (χ0v) is 14.6. The Hall–Kier alpha value is -1.99. The molecule has 0 spiro atoms. The number of rotatable bonds is 2. The highest BCUT2D eigenvalue weighted by Crippen LogP contribution is 2.38. The van der Waals surface area contributed by atoms with Crippen molar-refractivity contribution in [1.82, 2.24) is 15.5 Å². The number of fused-ring (bicyclic) bond motifs is 4. The van der Waals surface area contributed by atoms with E-state index in [1.807, 2.05) is 11.0 Å². The van der Waals surface area contributed by atoms with Crippen LogP contribution in [0.5, 0.6) is 0 Å². The fourth-order valence-electron chi connectivity index (χ4n) is 4.99. The standard InChI is InChI=1S/C19H23FN4O2/c20-15-3-4-16(24-8-11-1-2-12(24)7-21-11)14-10-23(9-13(14)15)17-5-6-18(25)22-19(17)26/h3-4,11-12,17,21H,1-2,5-10H2,(H,22,25,26). The van der Waals surface area contributed by atoms with E-state index in [1.54, 1.807) is 6.07 Å². The summed E-state index contributed by atoms with van der Waals surface area (Å²) in [6, 6.07) is 4.08. The van der Waals surface area contributed by atoms with Gasteiger partial charge in [-0.05, 0) is 37.0 Å². The smallest absolute Gasteiger partial charge is 0.243 e. The lowest BCUT2D eigenvalue weighted by Gasteiger charge is -2.47. The van der Waals surface area contributed by atoms with Crippen LogP contribution in [-0.4, -0.2) is 47.9 Å². The Morgan fingerprint density at radius 1 is 1.08 bits per heavy atom. The highest BCUT2D eigenvalue weighted by molar-refractivity contribution is 6.00. The van der Waals surface area contributed by atoms with Gasteiger partial charge in [0, 0.05) is 55.9 Å². The molecule has 5 aliphatic heterocycles. The van der Waals surface area contributed by atoms with Crippen molar-refractivity contribution in [2.75, 3.05) is 18.0 Å². The fraction of sp³-hybridized carbons (Fsp3) is 0.579. The number of nitrogens with zero attached hydrogens (tertiary/aromatic N) is 2. The molecule has 0 saturated carbocycles. The van der Waals surface area contributed by atoms with E-state index in [0.29, 0.717) is 43.6 Å². The molecule has 6 rings (SSSR count). The van der Waals surface area contributed by atoms with Crippen LogP contribution in [0.4, 0.5) is 10.1 Å². The molecule has 4 saturated heterocycles. The first kappa shape index (κ1) is 16.2. The van der Waals surface area contributed by atoms with Gasteiger partial charge in [-0.15, -0.1) is 0 Å². The Morgan fingerprint density at radius 3 is 2.62 bits per heavy atom. The molecule has 2 bridgehead atoms. The van der Waals surface area contributed by atoms with Crippen LogP contribution in [-0.2, 0) is 22.7 Å². The topological polar surface area (TPSA) is 64.7 Å². The molecule has 3 unspecified atom stereocenters. The number of carbonyl (C=O) groups is 2. The predicted octanol–water partition coefficient (Wildman–Crippen LogP) is 0.887. The summed E-state index contributed by atoms with van der Waals surface area (Å²) in [5.41, 5.74) is 2.84. The number of piperazine rings is 1. The predicted molar refractivity (Wildman–Crippen MR) is 94.0 cm³/mol. The number of nitrogens with one attached hydrogen (secondary N) is 2. The quantitative estimate of drug-likeness (QED) is 0.769. The van der Waals surface area contributed by atoms with E-state index in [2.05, 4.69) is 15.5 Å². The third kappa shape index (κ3) is 2.53. The second kappa shape index (κ2) is 6.03. The third-order valence-electron chi connectivity index (χ3n) is 6.38. The minimum Gasteiger partial charge on any atom is -0.365 e. The van der Waals surface area contributed by atoms with Gasteiger partial charge >= 0.3 is 0 Å². The number of benzene rings is 1. The van der Waals surface area contributed by atoms with Gasteiger partial charge in [-0.1, -0.05) is 0 Å². The summed E-state index contributed by atoms with van der Waals surface area (Å²) < 4.78 is 14.5. The minimum atomic E-state index is -0.355. The number of imide groups is 1. The summed E-state index contributed by atoms with van der Waals surface area (Å²) in [4.78, 5) is 28.1. The molecule has 0 aliphatic carbocycles. The monoisotopic (exact) mass is 358 g/mol. The minimum absolute atomic E-state index is 0.196. The molecule has 1 aromatic rings. The summed E-state index contributed by atoms with van der Waals surface area (Å²) in [6.07, 6.45) is 3.22. The van der Waals surface area contributed by atoms with Gasteiger partial charge in [0.2, 0.25) is 11.8 Å². The van der Waals surface area contributed by atoms with Gasteiger partial charge in [0.1, 0.15) is 5.82 Å². The zero-order chi connectivity index (χ0) is 17.8. The molecule has 1 aromatic carbocycles. The van der Waals surface area contributed by atoms with Crippen LogP contribution in [0, 0.1) is 5.82 Å². The number of amides is 2. The molecule has 4 fully saturated rings. The van der Waals surface area contributed by atoms with Crippen LogP contribution in [0.1, 0.15) is 36.8 Å². The van der Waals surface area contributed by atoms with Crippen molar-refractivity contribution in [3.05, 3.63) is 29.1 Å². The normalized spacial score (nSPS) is 31.3. The number of halogens is 1. The molecular weight excluding hydrogens is 335 g/mol. The highest BCUT2D eigenvalue weighted by atomic mass is 19.1. The number of carbonyl (C=O) groups excluding carboxylic acids is 2. The average Bonchev–Trinajstić information content (AvgIpc) is 3.09. The summed E-state index contributed by atoms with van der Waals surface area (Å²) in [7, 11) is 0. The van der Waals surface area contributed by atoms with Crippen molar-refractivity contribution < 1.29 is 14.0 Å². The molecule has 3 atom stereocenters. The van der Waals surface area contributed by atoms with Crippen molar-refractivity contribution in [3.8, 4) is 0 Å². The van der Waals surface area contributed by atoms with Crippen molar-refractivity contribution >= 4 is 17.5 Å². The summed E-state index contributed by atoms with van der Waals surface area (Å²) in [5.74, 6) is -0.664.